The third-order valence-electron chi connectivity index (χ3n) is 7.12. The molecule has 5 rings (SSSR count). The van der Waals surface area contributed by atoms with Crippen LogP contribution in [0.15, 0.2) is 53.5 Å². The van der Waals surface area contributed by atoms with Crippen molar-refractivity contribution >= 4 is 40.4 Å². The van der Waals surface area contributed by atoms with E-state index in [1.807, 2.05) is 25.1 Å². The molecule has 1 aliphatic heterocycles. The second-order valence-corrected chi connectivity index (χ2v) is 11.6. The fraction of sp³-hybridized carbons (Fsp3) is 0.393. The van der Waals surface area contributed by atoms with E-state index in [9.17, 15) is 14.4 Å². The van der Waals surface area contributed by atoms with E-state index in [2.05, 4.69) is 10.6 Å². The van der Waals surface area contributed by atoms with Crippen LogP contribution in [0.25, 0.3) is 5.69 Å². The van der Waals surface area contributed by atoms with E-state index in [0.717, 1.165) is 16.9 Å². The Bertz CT molecular complexity index is 1380. The van der Waals surface area contributed by atoms with Gasteiger partial charge in [-0.2, -0.15) is 0 Å². The highest BCUT2D eigenvalue weighted by molar-refractivity contribution is 7.18. The quantitative estimate of drug-likeness (QED) is 0.367. The molecular formula is C28H31ClN4O4S. The number of hydrogen-bond donors (Lipinski definition) is 2. The first-order valence-electron chi connectivity index (χ1n) is 12.9. The number of benzene rings is 1. The lowest BCUT2D eigenvalue weighted by molar-refractivity contribution is -0.117. The summed E-state index contributed by atoms with van der Waals surface area (Å²) in [5.41, 5.74) is 2.17. The van der Waals surface area contributed by atoms with Gasteiger partial charge in [0.1, 0.15) is 6.61 Å². The molecule has 1 aromatic carbocycles. The predicted octanol–water partition coefficient (Wildman–Crippen LogP) is 4.16. The number of anilines is 1. The fourth-order valence-corrected chi connectivity index (χ4v) is 5.78. The Hall–Kier alpha value is -3.14. The Morgan fingerprint density at radius 3 is 2.74 bits per heavy atom. The van der Waals surface area contributed by atoms with Crippen molar-refractivity contribution in [2.45, 2.75) is 38.6 Å². The Balaban J connectivity index is 1.21. The van der Waals surface area contributed by atoms with Crippen molar-refractivity contribution in [3.8, 4) is 11.4 Å². The number of nitrogens with zero attached hydrogens (tertiary/aromatic N) is 2. The van der Waals surface area contributed by atoms with Gasteiger partial charge in [0.05, 0.1) is 14.9 Å². The first kappa shape index (κ1) is 26.5. The second-order valence-electron chi connectivity index (χ2n) is 9.84. The third kappa shape index (κ3) is 5.95. The smallest absolute Gasteiger partial charge is 0.297 e. The van der Waals surface area contributed by atoms with Gasteiger partial charge in [-0.15, -0.1) is 11.3 Å². The first-order valence-corrected chi connectivity index (χ1v) is 14.1. The molecule has 1 saturated carbocycles. The molecule has 2 fully saturated rings. The van der Waals surface area contributed by atoms with Gasteiger partial charge in [-0.25, -0.2) is 0 Å². The molecule has 1 saturated heterocycles. The Kier molecular flexibility index (Phi) is 8.16. The topological polar surface area (TPSA) is 92.7 Å². The first-order chi connectivity index (χ1) is 18.4. The zero-order valence-electron chi connectivity index (χ0n) is 21.2. The Morgan fingerprint density at radius 1 is 1.18 bits per heavy atom. The van der Waals surface area contributed by atoms with Crippen molar-refractivity contribution in [3.05, 3.63) is 73.8 Å². The summed E-state index contributed by atoms with van der Waals surface area (Å²) >= 11 is 7.15. The van der Waals surface area contributed by atoms with Gasteiger partial charge in [-0.1, -0.05) is 18.0 Å². The lowest BCUT2D eigenvalue weighted by atomic mass is 9.93. The van der Waals surface area contributed by atoms with Gasteiger partial charge in [0, 0.05) is 49.9 Å². The van der Waals surface area contributed by atoms with Crippen LogP contribution >= 0.6 is 22.9 Å². The molecule has 2 aliphatic rings. The molecule has 0 spiro atoms. The monoisotopic (exact) mass is 554 g/mol. The van der Waals surface area contributed by atoms with Gasteiger partial charge < -0.3 is 20.3 Å². The fourth-order valence-electron chi connectivity index (χ4n) is 4.82. The van der Waals surface area contributed by atoms with E-state index < -0.39 is 0 Å². The molecule has 10 heteroatoms. The molecule has 200 valence electrons. The van der Waals surface area contributed by atoms with Gasteiger partial charge in [-0.05, 0) is 67.8 Å². The molecule has 0 unspecified atom stereocenters. The van der Waals surface area contributed by atoms with E-state index in [1.165, 1.54) is 30.6 Å². The number of halogens is 1. The summed E-state index contributed by atoms with van der Waals surface area (Å²) in [7, 11) is 0. The molecule has 3 aromatic rings. The lowest BCUT2D eigenvalue weighted by Gasteiger charge is -2.26. The van der Waals surface area contributed by atoms with Crippen LogP contribution < -0.4 is 25.8 Å². The van der Waals surface area contributed by atoms with E-state index in [1.54, 1.807) is 39.9 Å². The molecule has 38 heavy (non-hydrogen) atoms. The minimum Gasteiger partial charge on any atom is -0.487 e. The molecule has 2 amide bonds. The number of carbonyl (C=O) groups is 2. The summed E-state index contributed by atoms with van der Waals surface area (Å²) in [5, 5.41) is 6.34. The van der Waals surface area contributed by atoms with Gasteiger partial charge in [0.2, 0.25) is 5.91 Å². The SMILES string of the molecule is Cc1cc(N2C[C@H](CNC(=O)c3ccc(Cl)s3)CC2=O)ccc1-n1cccc(OCCNC2CCC2)c1=O. The maximum Gasteiger partial charge on any atom is 0.297 e. The highest BCUT2D eigenvalue weighted by atomic mass is 35.5. The molecule has 1 atom stereocenters. The van der Waals surface area contributed by atoms with Crippen molar-refractivity contribution in [2.24, 2.45) is 5.92 Å². The number of amides is 2. The van der Waals surface area contributed by atoms with Crippen molar-refractivity contribution < 1.29 is 14.3 Å². The molecule has 8 nitrogen and oxygen atoms in total. The van der Waals surface area contributed by atoms with Gasteiger partial charge in [-0.3, -0.25) is 19.0 Å². The molecule has 2 aromatic heterocycles. The molecule has 3 heterocycles. The lowest BCUT2D eigenvalue weighted by Crippen LogP contribution is -2.37. The number of rotatable bonds is 10. The van der Waals surface area contributed by atoms with Gasteiger partial charge in [0.25, 0.3) is 11.5 Å². The largest absolute Gasteiger partial charge is 0.487 e. The number of aromatic nitrogens is 1. The second kappa shape index (κ2) is 11.7. The summed E-state index contributed by atoms with van der Waals surface area (Å²) in [6.45, 7) is 4.00. The maximum atomic E-state index is 13.1. The number of thiophene rings is 1. The molecule has 2 N–H and O–H groups in total. The predicted molar refractivity (Wildman–Crippen MR) is 150 cm³/mol. The molecular weight excluding hydrogens is 524 g/mol. The van der Waals surface area contributed by atoms with Gasteiger partial charge in [0.15, 0.2) is 5.75 Å². The van der Waals surface area contributed by atoms with Crippen LogP contribution in [0.4, 0.5) is 5.69 Å². The molecule has 0 bridgehead atoms. The van der Waals surface area contributed by atoms with E-state index in [4.69, 9.17) is 16.3 Å². The number of aryl methyl sites for hydroxylation is 1. The van der Waals surface area contributed by atoms with Crippen molar-refractivity contribution in [1.82, 2.24) is 15.2 Å². The van der Waals surface area contributed by atoms with E-state index in [-0.39, 0.29) is 23.3 Å². The standard InChI is InChI=1S/C28H31ClN4O4S/c1-18-14-21(33-17-19(15-26(33)34)16-31-27(35)24-9-10-25(29)38-24)7-8-22(18)32-12-3-6-23(28(32)36)37-13-11-30-20-4-2-5-20/h3,6-10,12,14,19-20,30H,2,4-5,11,13,15-17H2,1H3,(H,31,35)/t19-/m0/s1. The van der Waals surface area contributed by atoms with Crippen LogP contribution in [0.1, 0.15) is 40.9 Å². The van der Waals surface area contributed by atoms with Crippen LogP contribution in [0, 0.1) is 12.8 Å². The highest BCUT2D eigenvalue weighted by Gasteiger charge is 2.31. The average Bonchev–Trinajstić information content (AvgIpc) is 3.47. The minimum absolute atomic E-state index is 0.0112. The zero-order chi connectivity index (χ0) is 26.6. The van der Waals surface area contributed by atoms with Crippen molar-refractivity contribution in [1.29, 1.82) is 0 Å². The summed E-state index contributed by atoms with van der Waals surface area (Å²) in [6, 6.07) is 13.1. The van der Waals surface area contributed by atoms with Gasteiger partial charge >= 0.3 is 0 Å². The van der Waals surface area contributed by atoms with Crippen LogP contribution in [0.5, 0.6) is 5.75 Å². The number of nitrogens with one attached hydrogen (secondary N) is 2. The number of ether oxygens (including phenoxy) is 1. The Labute approximate surface area is 230 Å². The van der Waals surface area contributed by atoms with Crippen LogP contribution in [-0.4, -0.2) is 48.7 Å². The molecule has 0 radical (unpaired) electrons. The van der Waals surface area contributed by atoms with E-state index in [0.29, 0.717) is 53.7 Å². The number of hydrogen-bond acceptors (Lipinski definition) is 6. The van der Waals surface area contributed by atoms with Crippen molar-refractivity contribution in [3.63, 3.8) is 0 Å². The summed E-state index contributed by atoms with van der Waals surface area (Å²) < 4.78 is 7.92. The Morgan fingerprint density at radius 2 is 2.03 bits per heavy atom. The summed E-state index contributed by atoms with van der Waals surface area (Å²) in [5.74, 6) is 0.158. The average molecular weight is 555 g/mol. The zero-order valence-corrected chi connectivity index (χ0v) is 22.8. The van der Waals surface area contributed by atoms with Crippen LogP contribution in [0.3, 0.4) is 0 Å². The maximum absolute atomic E-state index is 13.1. The van der Waals surface area contributed by atoms with Crippen LogP contribution in [-0.2, 0) is 4.79 Å². The minimum atomic E-state index is -0.216. The molecule has 1 aliphatic carbocycles. The summed E-state index contributed by atoms with van der Waals surface area (Å²) in [6.07, 6.45) is 5.78. The normalized spacial score (nSPS) is 17.5. The van der Waals surface area contributed by atoms with E-state index >= 15 is 0 Å². The number of carbonyl (C=O) groups excluding carboxylic acids is 2. The summed E-state index contributed by atoms with van der Waals surface area (Å²) in [4.78, 5) is 40.5. The van der Waals surface area contributed by atoms with Crippen molar-refractivity contribution in [2.75, 3.05) is 31.1 Å². The third-order valence-corrected chi connectivity index (χ3v) is 8.35. The highest BCUT2D eigenvalue weighted by Crippen LogP contribution is 2.28. The van der Waals surface area contributed by atoms with Crippen LogP contribution in [0.2, 0.25) is 4.34 Å². The number of pyridine rings is 1.